The third-order valence-corrected chi connectivity index (χ3v) is 3.84. The van der Waals surface area contributed by atoms with Gasteiger partial charge in [0.2, 0.25) is 5.91 Å². The molecule has 112 valence electrons. The van der Waals surface area contributed by atoms with Gasteiger partial charge >= 0.3 is 11.9 Å². The number of halogens is 1. The van der Waals surface area contributed by atoms with E-state index in [4.69, 9.17) is 10.2 Å². The van der Waals surface area contributed by atoms with Crippen molar-refractivity contribution in [1.29, 1.82) is 0 Å². The highest BCUT2D eigenvalue weighted by atomic mass is 19.1. The van der Waals surface area contributed by atoms with E-state index in [0.717, 1.165) is 12.1 Å². The Morgan fingerprint density at radius 2 is 1.81 bits per heavy atom. The lowest BCUT2D eigenvalue weighted by molar-refractivity contribution is -0.140. The van der Waals surface area contributed by atoms with E-state index >= 15 is 0 Å². The number of amides is 1. The maximum Gasteiger partial charge on any atom is 0.338 e. The summed E-state index contributed by atoms with van der Waals surface area (Å²) in [6.45, 7) is 3.34. The zero-order chi connectivity index (χ0) is 15.9. The van der Waals surface area contributed by atoms with E-state index in [-0.39, 0.29) is 5.69 Å². The molecule has 21 heavy (non-hydrogen) atoms. The zero-order valence-corrected chi connectivity index (χ0v) is 11.4. The minimum absolute atomic E-state index is 0.116. The number of carbonyl (C=O) groups excluding carboxylic acids is 1. The summed E-state index contributed by atoms with van der Waals surface area (Å²) in [6.07, 6.45) is 0. The van der Waals surface area contributed by atoms with E-state index in [9.17, 15) is 18.8 Å². The number of anilines is 1. The number of benzene rings is 1. The molecule has 0 aromatic heterocycles. The lowest BCUT2D eigenvalue weighted by Gasteiger charge is -2.07. The van der Waals surface area contributed by atoms with Gasteiger partial charge in [-0.05, 0) is 23.6 Å². The number of aromatic carboxylic acids is 1. The van der Waals surface area contributed by atoms with Crippen LogP contribution in [0.1, 0.15) is 24.2 Å². The van der Waals surface area contributed by atoms with Crippen LogP contribution in [0.5, 0.6) is 0 Å². The topological polar surface area (TPSA) is 104 Å². The van der Waals surface area contributed by atoms with Crippen LogP contribution < -0.4 is 5.32 Å². The molecule has 3 N–H and O–H groups in total. The van der Waals surface area contributed by atoms with Crippen LogP contribution in [0.4, 0.5) is 10.1 Å². The van der Waals surface area contributed by atoms with Gasteiger partial charge in [-0.15, -0.1) is 0 Å². The summed E-state index contributed by atoms with van der Waals surface area (Å²) < 4.78 is 13.2. The predicted octanol–water partition coefficient (Wildman–Crippen LogP) is 1.82. The summed E-state index contributed by atoms with van der Waals surface area (Å²) in [7, 11) is 0. The van der Waals surface area contributed by atoms with Gasteiger partial charge in [0.1, 0.15) is 5.82 Å². The Hall–Kier alpha value is -2.44. The molecule has 0 aliphatic heterocycles. The van der Waals surface area contributed by atoms with Gasteiger partial charge in [0.25, 0.3) is 0 Å². The van der Waals surface area contributed by atoms with Crippen molar-refractivity contribution in [2.45, 2.75) is 13.8 Å². The molecule has 1 aromatic carbocycles. The van der Waals surface area contributed by atoms with E-state index in [1.54, 1.807) is 13.8 Å². The first-order valence-electron chi connectivity index (χ1n) is 6.22. The van der Waals surface area contributed by atoms with Crippen LogP contribution in [-0.4, -0.2) is 28.1 Å². The average molecular weight is 295 g/mol. The SMILES string of the molecule is CC1(C)C(C(=O)O)C1C(=O)Nc1ccc(F)c(C(=O)O)c1. The molecule has 2 rings (SSSR count). The van der Waals surface area contributed by atoms with Crippen molar-refractivity contribution < 1.29 is 29.0 Å². The van der Waals surface area contributed by atoms with Crippen LogP contribution in [0.3, 0.4) is 0 Å². The van der Waals surface area contributed by atoms with Crippen molar-refractivity contribution >= 4 is 23.5 Å². The summed E-state index contributed by atoms with van der Waals surface area (Å²) in [5.41, 5.74) is -1.10. The highest BCUT2D eigenvalue weighted by Crippen LogP contribution is 2.58. The van der Waals surface area contributed by atoms with Crippen LogP contribution in [0, 0.1) is 23.1 Å². The molecule has 1 aliphatic carbocycles. The van der Waals surface area contributed by atoms with E-state index < -0.39 is 46.5 Å². The Morgan fingerprint density at radius 3 is 2.29 bits per heavy atom. The molecule has 7 heteroatoms. The summed E-state index contributed by atoms with van der Waals surface area (Å²) in [4.78, 5) is 33.9. The van der Waals surface area contributed by atoms with E-state index in [0.29, 0.717) is 0 Å². The maximum atomic E-state index is 13.2. The quantitative estimate of drug-likeness (QED) is 0.786. The van der Waals surface area contributed by atoms with Gasteiger partial charge in [-0.2, -0.15) is 0 Å². The summed E-state index contributed by atoms with van der Waals surface area (Å²) in [6, 6.07) is 3.16. The van der Waals surface area contributed by atoms with Gasteiger partial charge in [0.05, 0.1) is 17.4 Å². The molecule has 0 saturated heterocycles. The van der Waals surface area contributed by atoms with Crippen molar-refractivity contribution in [2.75, 3.05) is 5.32 Å². The van der Waals surface area contributed by atoms with Crippen LogP contribution in [0.2, 0.25) is 0 Å². The van der Waals surface area contributed by atoms with Gasteiger partial charge in [-0.1, -0.05) is 13.8 Å². The minimum atomic E-state index is -1.45. The number of hydrogen-bond acceptors (Lipinski definition) is 3. The second-order valence-electron chi connectivity index (χ2n) is 5.60. The van der Waals surface area contributed by atoms with Gasteiger partial charge < -0.3 is 15.5 Å². The molecule has 1 fully saturated rings. The van der Waals surface area contributed by atoms with Crippen LogP contribution >= 0.6 is 0 Å². The Balaban J connectivity index is 2.17. The van der Waals surface area contributed by atoms with Gasteiger partial charge in [-0.3, -0.25) is 9.59 Å². The molecule has 0 spiro atoms. The molecule has 2 atom stereocenters. The predicted molar refractivity (Wildman–Crippen MR) is 70.4 cm³/mol. The number of carbonyl (C=O) groups is 3. The Kier molecular flexibility index (Phi) is 3.44. The second-order valence-corrected chi connectivity index (χ2v) is 5.60. The van der Waals surface area contributed by atoms with E-state index in [1.165, 1.54) is 6.07 Å². The Bertz CT molecular complexity index is 640. The molecular weight excluding hydrogens is 281 g/mol. The van der Waals surface area contributed by atoms with Crippen molar-refractivity contribution in [1.82, 2.24) is 0 Å². The highest BCUT2D eigenvalue weighted by molar-refractivity contribution is 6.00. The van der Waals surface area contributed by atoms with E-state index in [2.05, 4.69) is 5.32 Å². The largest absolute Gasteiger partial charge is 0.481 e. The summed E-state index contributed by atoms with van der Waals surface area (Å²) in [5, 5.41) is 20.3. The van der Waals surface area contributed by atoms with Gasteiger partial charge in [0, 0.05) is 5.69 Å². The Morgan fingerprint density at radius 1 is 1.19 bits per heavy atom. The molecule has 0 heterocycles. The smallest absolute Gasteiger partial charge is 0.338 e. The number of carboxylic acid groups (broad SMARTS) is 2. The molecule has 1 aromatic rings. The zero-order valence-electron chi connectivity index (χ0n) is 11.4. The number of rotatable bonds is 4. The molecule has 1 amide bonds. The fourth-order valence-corrected chi connectivity index (χ4v) is 2.57. The molecular formula is C14H14FNO5. The highest BCUT2D eigenvalue weighted by Gasteiger charge is 2.65. The van der Waals surface area contributed by atoms with Gasteiger partial charge in [-0.25, -0.2) is 9.18 Å². The molecule has 1 aliphatic rings. The van der Waals surface area contributed by atoms with Crippen LogP contribution in [0.15, 0.2) is 18.2 Å². The lowest BCUT2D eigenvalue weighted by atomic mass is 10.1. The third kappa shape index (κ3) is 2.58. The molecule has 0 bridgehead atoms. The lowest BCUT2D eigenvalue weighted by Crippen LogP contribution is -2.18. The Labute approximate surface area is 119 Å². The standard InChI is InChI=1S/C14H14FNO5/c1-14(2)9(10(14)13(20)21)11(17)16-6-3-4-8(15)7(5-6)12(18)19/h3-5,9-10H,1-2H3,(H,16,17)(H,18,19)(H,20,21). The van der Waals surface area contributed by atoms with Crippen molar-refractivity contribution in [2.24, 2.45) is 17.3 Å². The normalized spacial score (nSPS) is 22.4. The monoisotopic (exact) mass is 295 g/mol. The molecule has 1 saturated carbocycles. The van der Waals surface area contributed by atoms with Crippen molar-refractivity contribution in [3.8, 4) is 0 Å². The first kappa shape index (κ1) is 15.0. The summed E-state index contributed by atoms with van der Waals surface area (Å²) in [5.74, 6) is -5.40. The average Bonchev–Trinajstić information content (AvgIpc) is 2.94. The molecule has 2 unspecified atom stereocenters. The molecule has 6 nitrogen and oxygen atoms in total. The van der Waals surface area contributed by atoms with Crippen LogP contribution in [0.25, 0.3) is 0 Å². The maximum absolute atomic E-state index is 13.2. The first-order chi connectivity index (χ1) is 9.66. The van der Waals surface area contributed by atoms with E-state index in [1.807, 2.05) is 0 Å². The summed E-state index contributed by atoms with van der Waals surface area (Å²) >= 11 is 0. The fraction of sp³-hybridized carbons (Fsp3) is 0.357. The minimum Gasteiger partial charge on any atom is -0.481 e. The second kappa shape index (κ2) is 4.83. The molecule has 0 radical (unpaired) electrons. The number of hydrogen-bond donors (Lipinski definition) is 3. The number of aliphatic carboxylic acids is 1. The fourth-order valence-electron chi connectivity index (χ4n) is 2.57. The van der Waals surface area contributed by atoms with Crippen LogP contribution in [-0.2, 0) is 9.59 Å². The first-order valence-corrected chi connectivity index (χ1v) is 6.22. The van der Waals surface area contributed by atoms with Crippen molar-refractivity contribution in [3.05, 3.63) is 29.6 Å². The van der Waals surface area contributed by atoms with Crippen molar-refractivity contribution in [3.63, 3.8) is 0 Å². The van der Waals surface area contributed by atoms with Gasteiger partial charge in [0.15, 0.2) is 0 Å². The number of nitrogens with one attached hydrogen (secondary N) is 1. The third-order valence-electron chi connectivity index (χ3n) is 3.84. The number of carboxylic acids is 2.